The van der Waals surface area contributed by atoms with E-state index in [0.29, 0.717) is 6.04 Å². The fourth-order valence-electron chi connectivity index (χ4n) is 2.95. The molecule has 0 radical (unpaired) electrons. The highest BCUT2D eigenvalue weighted by Crippen LogP contribution is 2.42. The Kier molecular flexibility index (Phi) is 2.24. The minimum absolute atomic E-state index is 0.188. The van der Waals surface area contributed by atoms with Crippen LogP contribution in [-0.2, 0) is 4.74 Å². The van der Waals surface area contributed by atoms with Crippen molar-refractivity contribution in [2.45, 2.75) is 50.2 Å². The topological polar surface area (TPSA) is 39.9 Å². The van der Waals surface area contributed by atoms with Crippen LogP contribution in [0.5, 0.6) is 0 Å². The third-order valence-corrected chi connectivity index (χ3v) is 3.81. The molecule has 0 aromatic carbocycles. The molecule has 0 bridgehead atoms. The van der Waals surface area contributed by atoms with Gasteiger partial charge in [0.25, 0.3) is 0 Å². The Morgan fingerprint density at radius 2 is 1.87 bits per heavy atom. The summed E-state index contributed by atoms with van der Waals surface area (Å²) >= 11 is 0. The first-order chi connectivity index (χ1) is 7.38. The van der Waals surface area contributed by atoms with Gasteiger partial charge in [-0.15, -0.1) is 10.2 Å². The number of rotatable bonds is 1. The Morgan fingerprint density at radius 3 is 2.60 bits per heavy atom. The fraction of sp³-hybridized carbons (Fsp3) is 0.818. The van der Waals surface area contributed by atoms with Crippen molar-refractivity contribution >= 4 is 0 Å². The van der Waals surface area contributed by atoms with Gasteiger partial charge in [-0.3, -0.25) is 0 Å². The minimum atomic E-state index is 0.188. The molecule has 2 fully saturated rings. The molecule has 0 N–H and O–H groups in total. The van der Waals surface area contributed by atoms with E-state index in [0.717, 1.165) is 13.0 Å². The van der Waals surface area contributed by atoms with E-state index < -0.39 is 0 Å². The number of aromatic nitrogens is 3. The lowest BCUT2D eigenvalue weighted by Crippen LogP contribution is -2.30. The van der Waals surface area contributed by atoms with Crippen molar-refractivity contribution in [3.05, 3.63) is 12.7 Å². The number of nitrogens with zero attached hydrogens (tertiary/aromatic N) is 3. The van der Waals surface area contributed by atoms with Crippen LogP contribution in [0, 0.1) is 0 Å². The summed E-state index contributed by atoms with van der Waals surface area (Å²) in [4.78, 5) is 0. The molecule has 2 heterocycles. The van der Waals surface area contributed by atoms with Gasteiger partial charge >= 0.3 is 0 Å². The first kappa shape index (κ1) is 9.33. The van der Waals surface area contributed by atoms with E-state index >= 15 is 0 Å². The van der Waals surface area contributed by atoms with Crippen LogP contribution in [-0.4, -0.2) is 27.0 Å². The molecule has 82 valence electrons. The number of hydrogen-bond donors (Lipinski definition) is 0. The fourth-order valence-corrected chi connectivity index (χ4v) is 2.95. The van der Waals surface area contributed by atoms with Crippen molar-refractivity contribution < 1.29 is 4.74 Å². The van der Waals surface area contributed by atoms with E-state index in [-0.39, 0.29) is 5.60 Å². The maximum Gasteiger partial charge on any atom is 0.119 e. The second-order valence-corrected chi connectivity index (χ2v) is 4.82. The van der Waals surface area contributed by atoms with Crippen LogP contribution in [0.4, 0.5) is 0 Å². The minimum Gasteiger partial charge on any atom is -0.373 e. The zero-order valence-electron chi connectivity index (χ0n) is 8.93. The highest BCUT2D eigenvalue weighted by Gasteiger charge is 2.41. The molecule has 2 aliphatic rings. The summed E-state index contributed by atoms with van der Waals surface area (Å²) in [6.07, 6.45) is 11.3. The zero-order valence-corrected chi connectivity index (χ0v) is 8.93. The zero-order chi connectivity index (χ0) is 10.1. The van der Waals surface area contributed by atoms with Crippen molar-refractivity contribution in [2.24, 2.45) is 0 Å². The highest BCUT2D eigenvalue weighted by atomic mass is 16.5. The molecule has 1 aliphatic heterocycles. The summed E-state index contributed by atoms with van der Waals surface area (Å²) in [6, 6.07) is 0.457. The van der Waals surface area contributed by atoms with Gasteiger partial charge in [0.15, 0.2) is 0 Å². The molecule has 1 saturated heterocycles. The Balaban J connectivity index is 1.72. The van der Waals surface area contributed by atoms with Gasteiger partial charge in [0.05, 0.1) is 18.2 Å². The van der Waals surface area contributed by atoms with Crippen LogP contribution in [0.2, 0.25) is 0 Å². The molecule has 15 heavy (non-hydrogen) atoms. The second-order valence-electron chi connectivity index (χ2n) is 4.82. The highest BCUT2D eigenvalue weighted by molar-refractivity contribution is 4.94. The van der Waals surface area contributed by atoms with Crippen LogP contribution in [0.1, 0.15) is 44.6 Å². The van der Waals surface area contributed by atoms with E-state index in [1.807, 2.05) is 0 Å². The third kappa shape index (κ3) is 1.67. The Morgan fingerprint density at radius 1 is 1.13 bits per heavy atom. The molecular formula is C11H17N3O. The van der Waals surface area contributed by atoms with Gasteiger partial charge in [-0.25, -0.2) is 0 Å². The van der Waals surface area contributed by atoms with E-state index in [4.69, 9.17) is 4.74 Å². The molecule has 1 unspecified atom stereocenters. The molecule has 0 amide bonds. The van der Waals surface area contributed by atoms with Gasteiger partial charge in [-0.1, -0.05) is 19.3 Å². The predicted octanol–water partition coefficient (Wildman–Crippen LogP) is 1.94. The molecule has 4 nitrogen and oxygen atoms in total. The molecule has 1 spiro atoms. The normalized spacial score (nSPS) is 29.7. The van der Waals surface area contributed by atoms with Gasteiger partial charge in [0.2, 0.25) is 0 Å². The smallest absolute Gasteiger partial charge is 0.119 e. The van der Waals surface area contributed by atoms with Crippen molar-refractivity contribution in [2.75, 3.05) is 6.61 Å². The monoisotopic (exact) mass is 207 g/mol. The standard InChI is InChI=1S/C11H17N3O/c1-2-4-11(5-3-1)6-10(7-15-11)14-8-12-13-9-14/h8-10H,1-7H2. The van der Waals surface area contributed by atoms with Crippen LogP contribution in [0.15, 0.2) is 12.7 Å². The summed E-state index contributed by atoms with van der Waals surface area (Å²) in [7, 11) is 0. The van der Waals surface area contributed by atoms with E-state index in [1.54, 1.807) is 12.7 Å². The van der Waals surface area contributed by atoms with Crippen molar-refractivity contribution in [3.63, 3.8) is 0 Å². The molecule has 4 heteroatoms. The van der Waals surface area contributed by atoms with Gasteiger partial charge in [0, 0.05) is 0 Å². The van der Waals surface area contributed by atoms with Crippen LogP contribution >= 0.6 is 0 Å². The van der Waals surface area contributed by atoms with E-state index in [9.17, 15) is 0 Å². The Labute approximate surface area is 89.6 Å². The largest absolute Gasteiger partial charge is 0.373 e. The Bertz CT molecular complexity index is 317. The van der Waals surface area contributed by atoms with Crippen LogP contribution in [0.3, 0.4) is 0 Å². The van der Waals surface area contributed by atoms with Crippen molar-refractivity contribution in [1.29, 1.82) is 0 Å². The maximum absolute atomic E-state index is 6.04. The summed E-state index contributed by atoms with van der Waals surface area (Å²) in [5.41, 5.74) is 0.188. The van der Waals surface area contributed by atoms with Crippen molar-refractivity contribution in [3.8, 4) is 0 Å². The molecular weight excluding hydrogens is 190 g/mol. The third-order valence-electron chi connectivity index (χ3n) is 3.81. The summed E-state index contributed by atoms with van der Waals surface area (Å²) in [5, 5.41) is 7.72. The van der Waals surface area contributed by atoms with Gasteiger partial charge in [-0.05, 0) is 19.3 Å². The van der Waals surface area contributed by atoms with Gasteiger partial charge in [-0.2, -0.15) is 0 Å². The quantitative estimate of drug-likeness (QED) is 0.706. The van der Waals surface area contributed by atoms with Crippen LogP contribution in [0.25, 0.3) is 0 Å². The average molecular weight is 207 g/mol. The first-order valence-corrected chi connectivity index (χ1v) is 5.86. The number of ether oxygens (including phenoxy) is 1. The van der Waals surface area contributed by atoms with Crippen LogP contribution < -0.4 is 0 Å². The summed E-state index contributed by atoms with van der Waals surface area (Å²) in [6.45, 7) is 0.831. The summed E-state index contributed by atoms with van der Waals surface area (Å²) < 4.78 is 8.13. The first-order valence-electron chi connectivity index (χ1n) is 5.86. The lowest BCUT2D eigenvalue weighted by Gasteiger charge is -2.32. The average Bonchev–Trinajstić information content (AvgIpc) is 2.88. The Hall–Kier alpha value is -0.900. The molecule has 1 atom stereocenters. The summed E-state index contributed by atoms with van der Waals surface area (Å²) in [5.74, 6) is 0. The van der Waals surface area contributed by atoms with Gasteiger partial charge in [0.1, 0.15) is 12.7 Å². The van der Waals surface area contributed by atoms with Crippen molar-refractivity contribution in [1.82, 2.24) is 14.8 Å². The second kappa shape index (κ2) is 3.59. The molecule has 1 aromatic rings. The SMILES string of the molecule is c1nncn1C1COC2(CCCCC2)C1. The van der Waals surface area contributed by atoms with Gasteiger partial charge < -0.3 is 9.30 Å². The molecule has 1 saturated carbocycles. The number of hydrogen-bond acceptors (Lipinski definition) is 3. The molecule has 1 aromatic heterocycles. The maximum atomic E-state index is 6.04. The molecule has 1 aliphatic carbocycles. The predicted molar refractivity (Wildman–Crippen MR) is 55.4 cm³/mol. The lowest BCUT2D eigenvalue weighted by molar-refractivity contribution is -0.0247. The molecule has 3 rings (SSSR count). The van der Waals surface area contributed by atoms with E-state index in [1.165, 1.54) is 32.1 Å². The van der Waals surface area contributed by atoms with E-state index in [2.05, 4.69) is 14.8 Å². The lowest BCUT2D eigenvalue weighted by atomic mass is 9.82.